The zero-order valence-corrected chi connectivity index (χ0v) is 19.1. The highest BCUT2D eigenvalue weighted by Gasteiger charge is 2.19. The summed E-state index contributed by atoms with van der Waals surface area (Å²) in [7, 11) is 1.84. The van der Waals surface area contributed by atoms with Gasteiger partial charge in [-0.1, -0.05) is 18.2 Å². The summed E-state index contributed by atoms with van der Waals surface area (Å²) in [6, 6.07) is 10.5. The number of nitrogens with two attached hydrogens (primary N) is 1. The predicted molar refractivity (Wildman–Crippen MR) is 124 cm³/mol. The highest BCUT2D eigenvalue weighted by atomic mass is 35.5. The SMILES string of the molecule is CN(CCN1CCN(c2ccccc2)CC1)C(=O)c1csc(CN)n1.Cl.Cl.Cl. The standard InChI is InChI=1S/C18H25N5OS.3ClH/c1-21(18(24)16-14-25-17(13-19)20-16)7-8-22-9-11-23(12-10-22)15-5-3-2-4-6-15;;;/h2-6,14H,7-13,19H2,1H3;3*1H. The first-order valence-corrected chi connectivity index (χ1v) is 9.47. The van der Waals surface area contributed by atoms with E-state index in [0.717, 1.165) is 37.7 Å². The van der Waals surface area contributed by atoms with Gasteiger partial charge in [-0.3, -0.25) is 9.69 Å². The smallest absolute Gasteiger partial charge is 0.273 e. The Hall–Kier alpha value is -1.09. The van der Waals surface area contributed by atoms with Crippen molar-refractivity contribution in [2.75, 3.05) is 51.2 Å². The third kappa shape index (κ3) is 7.06. The average molecular weight is 469 g/mol. The molecule has 28 heavy (non-hydrogen) atoms. The van der Waals surface area contributed by atoms with Crippen LogP contribution >= 0.6 is 48.6 Å². The van der Waals surface area contributed by atoms with E-state index in [1.807, 2.05) is 13.1 Å². The van der Waals surface area contributed by atoms with Crippen LogP contribution in [0.4, 0.5) is 5.69 Å². The summed E-state index contributed by atoms with van der Waals surface area (Å²) in [5.41, 5.74) is 7.35. The second kappa shape index (κ2) is 13.2. The van der Waals surface area contributed by atoms with Crippen molar-refractivity contribution in [2.45, 2.75) is 6.54 Å². The number of benzene rings is 1. The van der Waals surface area contributed by atoms with Crippen LogP contribution in [0.3, 0.4) is 0 Å². The molecule has 1 fully saturated rings. The Morgan fingerprint density at radius 2 is 1.79 bits per heavy atom. The van der Waals surface area contributed by atoms with Gasteiger partial charge in [0.2, 0.25) is 0 Å². The molecule has 0 bridgehead atoms. The Labute approximate surface area is 189 Å². The van der Waals surface area contributed by atoms with Gasteiger partial charge in [0.05, 0.1) is 0 Å². The first kappa shape index (κ1) is 26.9. The summed E-state index contributed by atoms with van der Waals surface area (Å²) in [5.74, 6) is -0.0288. The fourth-order valence-electron chi connectivity index (χ4n) is 2.96. The molecular formula is C18H28Cl3N5OS. The number of piperazine rings is 1. The molecule has 1 saturated heterocycles. The first-order valence-electron chi connectivity index (χ1n) is 8.59. The van der Waals surface area contributed by atoms with Crippen molar-refractivity contribution < 1.29 is 4.79 Å². The minimum Gasteiger partial charge on any atom is -0.369 e. The molecule has 3 rings (SSSR count). The lowest BCUT2D eigenvalue weighted by molar-refractivity contribution is 0.0771. The summed E-state index contributed by atoms with van der Waals surface area (Å²) in [6.07, 6.45) is 0. The molecular weight excluding hydrogens is 441 g/mol. The van der Waals surface area contributed by atoms with Crippen LogP contribution in [0.5, 0.6) is 0 Å². The largest absolute Gasteiger partial charge is 0.369 e. The Morgan fingerprint density at radius 1 is 1.14 bits per heavy atom. The molecule has 0 atom stereocenters. The molecule has 2 heterocycles. The third-order valence-corrected chi connectivity index (χ3v) is 5.41. The summed E-state index contributed by atoms with van der Waals surface area (Å²) >= 11 is 1.44. The molecule has 1 aliphatic heterocycles. The number of carbonyl (C=O) groups excluding carboxylic acids is 1. The van der Waals surface area contributed by atoms with Gasteiger partial charge < -0.3 is 15.5 Å². The number of rotatable bonds is 6. The van der Waals surface area contributed by atoms with Crippen LogP contribution in [0.2, 0.25) is 0 Å². The Balaban J connectivity index is 0.00000243. The number of likely N-dealkylation sites (N-methyl/N-ethyl adjacent to an activating group) is 1. The number of anilines is 1. The Kier molecular flexibility index (Phi) is 12.7. The van der Waals surface area contributed by atoms with E-state index in [1.54, 1.807) is 10.3 Å². The van der Waals surface area contributed by atoms with Crippen LogP contribution in [0.15, 0.2) is 35.7 Å². The number of aromatic nitrogens is 1. The fraction of sp³-hybridized carbons (Fsp3) is 0.444. The van der Waals surface area contributed by atoms with E-state index in [2.05, 4.69) is 39.0 Å². The maximum atomic E-state index is 12.4. The molecule has 1 aromatic carbocycles. The normalized spacial score (nSPS) is 13.7. The van der Waals surface area contributed by atoms with Gasteiger partial charge in [0.25, 0.3) is 5.91 Å². The van der Waals surface area contributed by atoms with Crippen LogP contribution in [0.1, 0.15) is 15.5 Å². The third-order valence-electron chi connectivity index (χ3n) is 4.54. The molecule has 0 aliphatic carbocycles. The molecule has 0 radical (unpaired) electrons. The number of para-hydroxylation sites is 1. The maximum absolute atomic E-state index is 12.4. The average Bonchev–Trinajstić information content (AvgIpc) is 3.16. The van der Waals surface area contributed by atoms with E-state index in [4.69, 9.17) is 5.73 Å². The van der Waals surface area contributed by atoms with Gasteiger partial charge in [0, 0.05) is 63.9 Å². The van der Waals surface area contributed by atoms with Gasteiger partial charge in [0.15, 0.2) is 0 Å². The summed E-state index contributed by atoms with van der Waals surface area (Å²) in [6.45, 7) is 6.06. The number of halogens is 3. The molecule has 0 saturated carbocycles. The van der Waals surface area contributed by atoms with Crippen LogP contribution in [0, 0.1) is 0 Å². The monoisotopic (exact) mass is 467 g/mol. The van der Waals surface area contributed by atoms with E-state index in [0.29, 0.717) is 18.8 Å². The number of hydrogen-bond acceptors (Lipinski definition) is 6. The minimum atomic E-state index is -0.0288. The molecule has 158 valence electrons. The zero-order valence-electron chi connectivity index (χ0n) is 15.8. The van der Waals surface area contributed by atoms with Crippen molar-refractivity contribution in [1.82, 2.24) is 14.8 Å². The number of hydrogen-bond donors (Lipinski definition) is 1. The molecule has 1 aliphatic rings. The van der Waals surface area contributed by atoms with E-state index in [-0.39, 0.29) is 43.1 Å². The number of carbonyl (C=O) groups is 1. The van der Waals surface area contributed by atoms with Gasteiger partial charge >= 0.3 is 0 Å². The lowest BCUT2D eigenvalue weighted by atomic mass is 10.2. The van der Waals surface area contributed by atoms with Gasteiger partial charge in [-0.2, -0.15) is 0 Å². The van der Waals surface area contributed by atoms with Crippen molar-refractivity contribution >= 4 is 60.2 Å². The molecule has 0 unspecified atom stereocenters. The van der Waals surface area contributed by atoms with Gasteiger partial charge in [0.1, 0.15) is 10.7 Å². The van der Waals surface area contributed by atoms with Crippen molar-refractivity contribution in [3.63, 3.8) is 0 Å². The molecule has 1 amide bonds. The summed E-state index contributed by atoms with van der Waals surface area (Å²) < 4.78 is 0. The molecule has 2 aromatic rings. The van der Waals surface area contributed by atoms with Gasteiger partial charge in [-0.05, 0) is 12.1 Å². The zero-order chi connectivity index (χ0) is 17.6. The molecule has 1 aromatic heterocycles. The van der Waals surface area contributed by atoms with Crippen LogP contribution < -0.4 is 10.6 Å². The van der Waals surface area contributed by atoms with Crippen molar-refractivity contribution in [3.05, 3.63) is 46.4 Å². The predicted octanol–water partition coefficient (Wildman–Crippen LogP) is 2.76. The topological polar surface area (TPSA) is 65.7 Å². The molecule has 0 spiro atoms. The van der Waals surface area contributed by atoms with E-state index < -0.39 is 0 Å². The highest BCUT2D eigenvalue weighted by molar-refractivity contribution is 7.09. The van der Waals surface area contributed by atoms with E-state index in [9.17, 15) is 4.79 Å². The number of amides is 1. The van der Waals surface area contributed by atoms with Crippen molar-refractivity contribution in [1.29, 1.82) is 0 Å². The first-order chi connectivity index (χ1) is 12.2. The molecule has 6 nitrogen and oxygen atoms in total. The van der Waals surface area contributed by atoms with Crippen LogP contribution in [-0.2, 0) is 6.54 Å². The second-order valence-corrected chi connectivity index (χ2v) is 7.16. The van der Waals surface area contributed by atoms with Crippen molar-refractivity contribution in [2.24, 2.45) is 5.73 Å². The van der Waals surface area contributed by atoms with E-state index in [1.165, 1.54) is 17.0 Å². The van der Waals surface area contributed by atoms with Gasteiger partial charge in [-0.25, -0.2) is 4.98 Å². The Morgan fingerprint density at radius 3 is 2.36 bits per heavy atom. The highest BCUT2D eigenvalue weighted by Crippen LogP contribution is 2.15. The van der Waals surface area contributed by atoms with Crippen molar-refractivity contribution in [3.8, 4) is 0 Å². The second-order valence-electron chi connectivity index (χ2n) is 6.22. The fourth-order valence-corrected chi connectivity index (χ4v) is 3.61. The minimum absolute atomic E-state index is 0. The van der Waals surface area contributed by atoms with Gasteiger partial charge in [-0.15, -0.1) is 48.6 Å². The number of nitrogens with zero attached hydrogens (tertiary/aromatic N) is 4. The van der Waals surface area contributed by atoms with E-state index >= 15 is 0 Å². The lowest BCUT2D eigenvalue weighted by Gasteiger charge is -2.36. The summed E-state index contributed by atoms with van der Waals surface area (Å²) in [4.78, 5) is 23.2. The van der Waals surface area contributed by atoms with Crippen LogP contribution in [0.25, 0.3) is 0 Å². The Bertz CT molecular complexity index is 696. The quantitative estimate of drug-likeness (QED) is 0.706. The molecule has 10 heteroatoms. The lowest BCUT2D eigenvalue weighted by Crippen LogP contribution is -2.48. The number of thiazole rings is 1. The maximum Gasteiger partial charge on any atom is 0.273 e. The molecule has 2 N–H and O–H groups in total. The summed E-state index contributed by atoms with van der Waals surface area (Å²) in [5, 5.41) is 2.59. The van der Waals surface area contributed by atoms with Crippen LogP contribution in [-0.4, -0.2) is 67.0 Å².